The molecule has 1 unspecified atom stereocenters. The molecule has 0 aliphatic heterocycles. The third-order valence-corrected chi connectivity index (χ3v) is 2.48. The van der Waals surface area contributed by atoms with Crippen molar-refractivity contribution in [1.82, 2.24) is 0 Å². The van der Waals surface area contributed by atoms with Gasteiger partial charge in [0.2, 0.25) is 0 Å². The van der Waals surface area contributed by atoms with Crippen LogP contribution in [0.15, 0.2) is 0 Å². The fourth-order valence-electron chi connectivity index (χ4n) is 1.46. The average molecular weight is 202 g/mol. The first-order valence-corrected chi connectivity index (χ1v) is 5.21. The zero-order valence-electron chi connectivity index (χ0n) is 9.71. The minimum atomic E-state index is -0.249. The summed E-state index contributed by atoms with van der Waals surface area (Å²) in [7, 11) is 3.20. The zero-order chi connectivity index (χ0) is 11.0. The molecule has 0 aliphatic rings. The van der Waals surface area contributed by atoms with E-state index < -0.39 is 0 Å². The predicted octanol–water partition coefficient (Wildman–Crippen LogP) is 2.39. The molecule has 3 heteroatoms. The molecule has 84 valence electrons. The monoisotopic (exact) mass is 202 g/mol. The highest BCUT2D eigenvalue weighted by Gasteiger charge is 2.19. The maximum absolute atomic E-state index is 11.3. The highest BCUT2D eigenvalue weighted by molar-refractivity contribution is 5.78. The highest BCUT2D eigenvalue weighted by Crippen LogP contribution is 2.17. The second-order valence-electron chi connectivity index (χ2n) is 3.59. The van der Waals surface area contributed by atoms with Gasteiger partial charge in [-0.25, -0.2) is 0 Å². The lowest BCUT2D eigenvalue weighted by molar-refractivity contribution is -0.133. The summed E-state index contributed by atoms with van der Waals surface area (Å²) in [5.41, 5.74) is 0. The van der Waals surface area contributed by atoms with E-state index in [9.17, 15) is 4.79 Å². The van der Waals surface area contributed by atoms with Gasteiger partial charge in [0.25, 0.3) is 0 Å². The molecular weight excluding hydrogens is 180 g/mol. The first-order chi connectivity index (χ1) is 6.65. The minimum absolute atomic E-state index is 0.0832. The third-order valence-electron chi connectivity index (χ3n) is 2.48. The van der Waals surface area contributed by atoms with Crippen LogP contribution in [0.25, 0.3) is 0 Å². The Labute approximate surface area is 86.8 Å². The maximum Gasteiger partial charge on any atom is 0.157 e. The summed E-state index contributed by atoms with van der Waals surface area (Å²) >= 11 is 0. The van der Waals surface area contributed by atoms with Gasteiger partial charge in [0.05, 0.1) is 0 Å². The Morgan fingerprint density at radius 3 is 2.21 bits per heavy atom. The van der Waals surface area contributed by atoms with E-state index in [1.807, 2.05) is 0 Å². The Balaban J connectivity index is 4.00. The summed E-state index contributed by atoms with van der Waals surface area (Å²) in [6.45, 7) is 3.77. The number of methoxy groups -OCH3 is 2. The molecule has 0 amide bonds. The van der Waals surface area contributed by atoms with E-state index in [2.05, 4.69) is 6.92 Å². The molecule has 0 fully saturated rings. The van der Waals surface area contributed by atoms with Crippen LogP contribution in [0.4, 0.5) is 0 Å². The summed E-state index contributed by atoms with van der Waals surface area (Å²) in [6, 6.07) is 0. The fourth-order valence-corrected chi connectivity index (χ4v) is 1.46. The standard InChI is InChI=1S/C11H22O3/c1-5-6-7-10(9(2)12)8-11(13-3)14-4/h10-11H,5-8H2,1-4H3. The Bertz CT molecular complexity index is 153. The lowest BCUT2D eigenvalue weighted by atomic mass is 9.94. The third kappa shape index (κ3) is 5.35. The van der Waals surface area contributed by atoms with Crippen LogP contribution in [0.3, 0.4) is 0 Å². The molecule has 0 radical (unpaired) electrons. The van der Waals surface area contributed by atoms with Crippen LogP contribution in [-0.4, -0.2) is 26.3 Å². The number of rotatable bonds is 8. The Morgan fingerprint density at radius 1 is 1.29 bits per heavy atom. The molecule has 0 aliphatic carbocycles. The van der Waals surface area contributed by atoms with E-state index in [0.717, 1.165) is 19.3 Å². The van der Waals surface area contributed by atoms with Crippen LogP contribution < -0.4 is 0 Å². The Hall–Kier alpha value is -0.410. The van der Waals surface area contributed by atoms with Gasteiger partial charge in [-0.05, 0) is 13.3 Å². The maximum atomic E-state index is 11.3. The van der Waals surface area contributed by atoms with E-state index in [1.54, 1.807) is 21.1 Å². The van der Waals surface area contributed by atoms with Crippen LogP contribution >= 0.6 is 0 Å². The molecular formula is C11H22O3. The molecule has 0 bridgehead atoms. The molecule has 3 nitrogen and oxygen atoms in total. The van der Waals surface area contributed by atoms with Crippen molar-refractivity contribution in [3.8, 4) is 0 Å². The topological polar surface area (TPSA) is 35.5 Å². The smallest absolute Gasteiger partial charge is 0.157 e. The van der Waals surface area contributed by atoms with Crippen molar-refractivity contribution in [2.45, 2.75) is 45.8 Å². The van der Waals surface area contributed by atoms with E-state index in [0.29, 0.717) is 6.42 Å². The molecule has 0 aromatic carbocycles. The van der Waals surface area contributed by atoms with Crippen molar-refractivity contribution in [2.24, 2.45) is 5.92 Å². The summed E-state index contributed by atoms with van der Waals surface area (Å²) in [5, 5.41) is 0. The lowest BCUT2D eigenvalue weighted by Crippen LogP contribution is -2.22. The minimum Gasteiger partial charge on any atom is -0.356 e. The van der Waals surface area contributed by atoms with Crippen molar-refractivity contribution >= 4 is 5.78 Å². The van der Waals surface area contributed by atoms with Crippen LogP contribution in [-0.2, 0) is 14.3 Å². The van der Waals surface area contributed by atoms with Gasteiger partial charge in [-0.15, -0.1) is 0 Å². The molecule has 0 heterocycles. The van der Waals surface area contributed by atoms with E-state index in [-0.39, 0.29) is 18.0 Å². The number of ether oxygens (including phenoxy) is 2. The van der Waals surface area contributed by atoms with Gasteiger partial charge in [0, 0.05) is 26.6 Å². The van der Waals surface area contributed by atoms with Crippen LogP contribution in [0.1, 0.15) is 39.5 Å². The number of hydrogen-bond donors (Lipinski definition) is 0. The molecule has 0 rings (SSSR count). The van der Waals surface area contributed by atoms with E-state index in [1.165, 1.54) is 0 Å². The summed E-state index contributed by atoms with van der Waals surface area (Å²) in [4.78, 5) is 11.3. The zero-order valence-corrected chi connectivity index (χ0v) is 9.71. The van der Waals surface area contributed by atoms with E-state index >= 15 is 0 Å². The molecule has 0 N–H and O–H groups in total. The SMILES string of the molecule is CCCCC(CC(OC)OC)C(C)=O. The van der Waals surface area contributed by atoms with Crippen LogP contribution in [0.5, 0.6) is 0 Å². The van der Waals surface area contributed by atoms with Gasteiger partial charge in [-0.1, -0.05) is 19.8 Å². The fraction of sp³-hybridized carbons (Fsp3) is 0.909. The normalized spacial score (nSPS) is 13.2. The number of hydrogen-bond acceptors (Lipinski definition) is 3. The quantitative estimate of drug-likeness (QED) is 0.567. The predicted molar refractivity (Wildman–Crippen MR) is 56.1 cm³/mol. The Morgan fingerprint density at radius 2 is 1.86 bits per heavy atom. The van der Waals surface area contributed by atoms with Gasteiger partial charge in [-0.3, -0.25) is 4.79 Å². The lowest BCUT2D eigenvalue weighted by Gasteiger charge is -2.19. The second-order valence-corrected chi connectivity index (χ2v) is 3.59. The van der Waals surface area contributed by atoms with Crippen molar-refractivity contribution in [3.05, 3.63) is 0 Å². The van der Waals surface area contributed by atoms with Gasteiger partial charge in [0.15, 0.2) is 6.29 Å². The van der Waals surface area contributed by atoms with Crippen molar-refractivity contribution in [1.29, 1.82) is 0 Å². The first kappa shape index (κ1) is 13.6. The van der Waals surface area contributed by atoms with Crippen molar-refractivity contribution in [2.75, 3.05) is 14.2 Å². The summed E-state index contributed by atoms with van der Waals surface area (Å²) < 4.78 is 10.2. The second kappa shape index (κ2) is 7.94. The molecule has 0 saturated heterocycles. The molecule has 14 heavy (non-hydrogen) atoms. The number of Topliss-reactive ketones (excluding diaryl/α,β-unsaturated/α-hetero) is 1. The van der Waals surface area contributed by atoms with Crippen LogP contribution in [0.2, 0.25) is 0 Å². The number of unbranched alkanes of at least 4 members (excludes halogenated alkanes) is 1. The number of ketones is 1. The van der Waals surface area contributed by atoms with E-state index in [4.69, 9.17) is 9.47 Å². The first-order valence-electron chi connectivity index (χ1n) is 5.21. The van der Waals surface area contributed by atoms with Crippen molar-refractivity contribution < 1.29 is 14.3 Å². The average Bonchev–Trinajstić information content (AvgIpc) is 2.18. The molecule has 0 spiro atoms. The number of carbonyl (C=O) groups is 1. The summed E-state index contributed by atoms with van der Waals surface area (Å²) in [6.07, 6.45) is 3.57. The van der Waals surface area contributed by atoms with Gasteiger partial charge in [-0.2, -0.15) is 0 Å². The number of carbonyl (C=O) groups excluding carboxylic acids is 1. The Kier molecular flexibility index (Phi) is 7.71. The largest absolute Gasteiger partial charge is 0.356 e. The molecule has 0 aromatic heterocycles. The molecule has 0 aromatic rings. The molecule has 0 saturated carbocycles. The van der Waals surface area contributed by atoms with Crippen molar-refractivity contribution in [3.63, 3.8) is 0 Å². The van der Waals surface area contributed by atoms with Gasteiger partial charge >= 0.3 is 0 Å². The highest BCUT2D eigenvalue weighted by atomic mass is 16.7. The summed E-state index contributed by atoms with van der Waals surface area (Å²) in [5.74, 6) is 0.317. The molecule has 1 atom stereocenters. The van der Waals surface area contributed by atoms with Gasteiger partial charge in [0.1, 0.15) is 5.78 Å². The van der Waals surface area contributed by atoms with Crippen LogP contribution in [0, 0.1) is 5.92 Å². The van der Waals surface area contributed by atoms with Gasteiger partial charge < -0.3 is 9.47 Å².